The monoisotopic (exact) mass is 421 g/mol. The van der Waals surface area contributed by atoms with Gasteiger partial charge in [-0.15, -0.1) is 10.2 Å². The first-order valence-electron chi connectivity index (χ1n) is 10.5. The Labute approximate surface area is 181 Å². The zero-order chi connectivity index (χ0) is 21.6. The molecule has 4 heterocycles. The number of nitrogens with zero attached hydrogens (tertiary/aromatic N) is 4. The van der Waals surface area contributed by atoms with Gasteiger partial charge >= 0.3 is 0 Å². The minimum absolute atomic E-state index is 0.283. The van der Waals surface area contributed by atoms with E-state index in [9.17, 15) is 0 Å². The van der Waals surface area contributed by atoms with E-state index in [0.717, 1.165) is 60.0 Å². The predicted octanol–water partition coefficient (Wildman–Crippen LogP) is 3.72. The lowest BCUT2D eigenvalue weighted by molar-refractivity contribution is 0.0818. The van der Waals surface area contributed by atoms with Crippen LogP contribution in [-0.4, -0.2) is 39.6 Å². The van der Waals surface area contributed by atoms with Gasteiger partial charge in [-0.1, -0.05) is 18.7 Å². The molecule has 0 unspecified atom stereocenters. The van der Waals surface area contributed by atoms with Gasteiger partial charge in [0.15, 0.2) is 0 Å². The van der Waals surface area contributed by atoms with Gasteiger partial charge in [0.1, 0.15) is 23.8 Å². The van der Waals surface area contributed by atoms with Crippen LogP contribution in [0.3, 0.4) is 0 Å². The van der Waals surface area contributed by atoms with Crippen molar-refractivity contribution >= 4 is 5.70 Å². The number of hydrogen-bond acceptors (Lipinski definition) is 8. The second kappa shape index (κ2) is 9.70. The van der Waals surface area contributed by atoms with Crippen LogP contribution in [0.15, 0.2) is 41.6 Å². The van der Waals surface area contributed by atoms with Crippen molar-refractivity contribution in [1.29, 1.82) is 0 Å². The van der Waals surface area contributed by atoms with Crippen LogP contribution in [0.25, 0.3) is 17.0 Å². The Kier molecular flexibility index (Phi) is 6.57. The van der Waals surface area contributed by atoms with Crippen molar-refractivity contribution in [3.8, 4) is 17.1 Å². The van der Waals surface area contributed by atoms with Crippen molar-refractivity contribution < 1.29 is 14.0 Å². The van der Waals surface area contributed by atoms with E-state index in [0.29, 0.717) is 24.0 Å². The molecule has 3 aromatic heterocycles. The molecular formula is C23H27N5O3. The van der Waals surface area contributed by atoms with Gasteiger partial charge in [0.25, 0.3) is 0 Å². The quantitative estimate of drug-likeness (QED) is 0.588. The smallest absolute Gasteiger partial charge is 0.233 e. The first kappa shape index (κ1) is 21.0. The van der Waals surface area contributed by atoms with E-state index in [4.69, 9.17) is 14.0 Å². The minimum atomic E-state index is 0.283. The van der Waals surface area contributed by atoms with Crippen LogP contribution in [0.1, 0.15) is 42.5 Å². The summed E-state index contributed by atoms with van der Waals surface area (Å²) in [6.45, 7) is 9.88. The van der Waals surface area contributed by atoms with E-state index in [2.05, 4.69) is 32.2 Å². The highest BCUT2D eigenvalue weighted by Gasteiger charge is 2.18. The molecule has 1 fully saturated rings. The third-order valence-corrected chi connectivity index (χ3v) is 5.29. The topological polar surface area (TPSA) is 95.2 Å². The lowest BCUT2D eigenvalue weighted by Gasteiger charge is -2.24. The van der Waals surface area contributed by atoms with Gasteiger partial charge in [0, 0.05) is 49.2 Å². The first-order chi connectivity index (χ1) is 15.1. The van der Waals surface area contributed by atoms with Crippen molar-refractivity contribution in [2.75, 3.05) is 13.2 Å². The standard InChI is InChI=1S/C23H27N5O3/c1-4-21-19(23(28-31-21)17-6-5-15(2)24-13-17)14-30-22-8-7-20(26-27-22)16(3)25-18-9-11-29-12-10-18/h5-8,13,18,25H,3-4,9-12,14H2,1-2H3. The fourth-order valence-electron chi connectivity index (χ4n) is 3.47. The second-order valence-corrected chi connectivity index (χ2v) is 7.53. The maximum absolute atomic E-state index is 5.90. The normalized spacial score (nSPS) is 14.4. The molecule has 1 aliphatic heterocycles. The molecule has 0 bridgehead atoms. The Morgan fingerprint density at radius 3 is 2.71 bits per heavy atom. The van der Waals surface area contributed by atoms with Crippen molar-refractivity contribution in [2.45, 2.75) is 45.8 Å². The van der Waals surface area contributed by atoms with Crippen molar-refractivity contribution in [1.82, 2.24) is 25.7 Å². The number of rotatable bonds is 8. The fourth-order valence-corrected chi connectivity index (χ4v) is 3.47. The molecule has 0 amide bonds. The van der Waals surface area contributed by atoms with Crippen LogP contribution in [0.5, 0.6) is 5.88 Å². The molecule has 0 radical (unpaired) electrons. The SMILES string of the molecule is C=C(NC1CCOCC1)c1ccc(OCc2c(-c3ccc(C)nc3)noc2CC)nn1. The summed E-state index contributed by atoms with van der Waals surface area (Å²) in [5.41, 5.74) is 4.93. The van der Waals surface area contributed by atoms with E-state index in [1.165, 1.54) is 0 Å². The zero-order valence-corrected chi connectivity index (χ0v) is 17.9. The Bertz CT molecular complexity index is 1010. The van der Waals surface area contributed by atoms with Crippen molar-refractivity contribution in [3.63, 3.8) is 0 Å². The van der Waals surface area contributed by atoms with Gasteiger partial charge in [-0.3, -0.25) is 4.98 Å². The average Bonchev–Trinajstić information content (AvgIpc) is 3.22. The Balaban J connectivity index is 1.42. The van der Waals surface area contributed by atoms with Gasteiger partial charge in [-0.05, 0) is 38.0 Å². The maximum atomic E-state index is 5.90. The van der Waals surface area contributed by atoms with Crippen LogP contribution < -0.4 is 10.1 Å². The van der Waals surface area contributed by atoms with Gasteiger partial charge < -0.3 is 19.3 Å². The average molecular weight is 422 g/mol. The number of hydrogen-bond donors (Lipinski definition) is 1. The molecule has 4 rings (SSSR count). The van der Waals surface area contributed by atoms with Crippen molar-refractivity contribution in [3.05, 3.63) is 59.8 Å². The molecule has 0 aromatic carbocycles. The number of pyridine rings is 1. The number of aryl methyl sites for hydroxylation is 2. The number of aromatic nitrogens is 4. The predicted molar refractivity (Wildman–Crippen MR) is 116 cm³/mol. The fraction of sp³-hybridized carbons (Fsp3) is 0.391. The number of ether oxygens (including phenoxy) is 2. The van der Waals surface area contributed by atoms with Crippen LogP contribution in [0.4, 0.5) is 0 Å². The third-order valence-electron chi connectivity index (χ3n) is 5.29. The second-order valence-electron chi connectivity index (χ2n) is 7.53. The Morgan fingerprint density at radius 1 is 1.19 bits per heavy atom. The van der Waals surface area contributed by atoms with E-state index >= 15 is 0 Å². The molecule has 8 nitrogen and oxygen atoms in total. The lowest BCUT2D eigenvalue weighted by Crippen LogP contribution is -2.33. The summed E-state index contributed by atoms with van der Waals surface area (Å²) in [6.07, 6.45) is 4.44. The largest absolute Gasteiger partial charge is 0.472 e. The highest BCUT2D eigenvalue weighted by atomic mass is 16.5. The molecule has 0 spiro atoms. The Morgan fingerprint density at radius 2 is 2.03 bits per heavy atom. The lowest BCUT2D eigenvalue weighted by atomic mass is 10.1. The van der Waals surface area contributed by atoms with E-state index in [1.54, 1.807) is 12.3 Å². The van der Waals surface area contributed by atoms with Gasteiger partial charge in [0.2, 0.25) is 5.88 Å². The molecule has 1 aliphatic rings. The summed E-state index contributed by atoms with van der Waals surface area (Å²) in [5.74, 6) is 1.22. The molecule has 162 valence electrons. The van der Waals surface area contributed by atoms with Crippen LogP contribution in [0, 0.1) is 6.92 Å². The van der Waals surface area contributed by atoms with Crippen LogP contribution in [0.2, 0.25) is 0 Å². The molecule has 8 heteroatoms. The third kappa shape index (κ3) is 5.08. The summed E-state index contributed by atoms with van der Waals surface area (Å²) in [7, 11) is 0. The van der Waals surface area contributed by atoms with E-state index in [-0.39, 0.29) is 6.61 Å². The molecule has 0 saturated carbocycles. The first-order valence-corrected chi connectivity index (χ1v) is 10.5. The molecule has 1 N–H and O–H groups in total. The van der Waals surface area contributed by atoms with Crippen molar-refractivity contribution in [2.24, 2.45) is 0 Å². The summed E-state index contributed by atoms with van der Waals surface area (Å²) in [5, 5.41) is 16.1. The van der Waals surface area contributed by atoms with Crippen LogP contribution in [-0.2, 0) is 17.8 Å². The van der Waals surface area contributed by atoms with Gasteiger partial charge in [-0.25, -0.2) is 0 Å². The highest BCUT2D eigenvalue weighted by Crippen LogP contribution is 2.27. The summed E-state index contributed by atoms with van der Waals surface area (Å²) in [6, 6.07) is 7.94. The molecule has 0 atom stereocenters. The zero-order valence-electron chi connectivity index (χ0n) is 17.9. The molecule has 0 aliphatic carbocycles. The molecule has 31 heavy (non-hydrogen) atoms. The van der Waals surface area contributed by atoms with Gasteiger partial charge in [0.05, 0.1) is 11.3 Å². The van der Waals surface area contributed by atoms with E-state index < -0.39 is 0 Å². The molecule has 3 aromatic rings. The summed E-state index contributed by atoms with van der Waals surface area (Å²) < 4.78 is 16.8. The minimum Gasteiger partial charge on any atom is -0.472 e. The van der Waals surface area contributed by atoms with E-state index in [1.807, 2.05) is 32.0 Å². The molecular weight excluding hydrogens is 394 g/mol. The maximum Gasteiger partial charge on any atom is 0.233 e. The summed E-state index contributed by atoms with van der Waals surface area (Å²) >= 11 is 0. The van der Waals surface area contributed by atoms with Gasteiger partial charge in [-0.2, -0.15) is 0 Å². The summed E-state index contributed by atoms with van der Waals surface area (Å²) in [4.78, 5) is 4.35. The Hall–Kier alpha value is -3.26. The molecule has 1 saturated heterocycles. The number of nitrogens with one attached hydrogen (secondary N) is 1. The highest BCUT2D eigenvalue weighted by molar-refractivity contribution is 5.62. The van der Waals surface area contributed by atoms with Crippen LogP contribution >= 0.6 is 0 Å².